The molecule has 0 rings (SSSR count). The molecule has 0 aliphatic carbocycles. The fraction of sp³-hybridized carbons (Fsp3) is 0.867. The summed E-state index contributed by atoms with van der Waals surface area (Å²) in [6.45, 7) is 14.3. The molecule has 0 heterocycles. The van der Waals surface area contributed by atoms with E-state index in [1.807, 2.05) is 0 Å². The van der Waals surface area contributed by atoms with E-state index in [0.29, 0.717) is 39.6 Å². The lowest BCUT2D eigenvalue weighted by Gasteiger charge is -2.31. The van der Waals surface area contributed by atoms with Gasteiger partial charge in [-0.3, -0.25) is 0 Å². The van der Waals surface area contributed by atoms with E-state index < -0.39 is 8.07 Å². The van der Waals surface area contributed by atoms with Crippen LogP contribution < -0.4 is 0 Å². The maximum atomic E-state index is 8.50. The summed E-state index contributed by atoms with van der Waals surface area (Å²) < 4.78 is 15.8. The molecule has 0 bridgehead atoms. The smallest absolute Gasteiger partial charge is 0.137 e. The Hall–Kier alpha value is -0.383. The molecule has 0 saturated heterocycles. The van der Waals surface area contributed by atoms with E-state index >= 15 is 0 Å². The molecule has 0 aromatic heterocycles. The summed E-state index contributed by atoms with van der Waals surface area (Å²) in [6, 6.07) is 0. The van der Waals surface area contributed by atoms with Crippen molar-refractivity contribution in [2.24, 2.45) is 0 Å². The molecule has 0 spiro atoms. The topological polar surface area (TPSA) is 47.9 Å². The number of rotatable bonds is 9. The van der Waals surface area contributed by atoms with Gasteiger partial charge in [-0.25, -0.2) is 0 Å². The molecular formula is C15H30O4Si. The first-order valence-electron chi connectivity index (χ1n) is 7.15. The van der Waals surface area contributed by atoms with Crippen LogP contribution in [0.4, 0.5) is 0 Å². The summed E-state index contributed by atoms with van der Waals surface area (Å²) in [5.41, 5.74) is 3.40. The Bertz CT molecular complexity index is 299. The molecule has 0 aromatic carbocycles. The Kier molecular flexibility index (Phi) is 10.2. The molecule has 5 heteroatoms. The zero-order valence-corrected chi connectivity index (χ0v) is 14.6. The Morgan fingerprint density at radius 2 is 1.40 bits per heavy atom. The maximum Gasteiger partial charge on any atom is 0.137 e. The Labute approximate surface area is 124 Å². The van der Waals surface area contributed by atoms with Crippen LogP contribution in [0.1, 0.15) is 20.8 Å². The van der Waals surface area contributed by atoms with Crippen molar-refractivity contribution < 1.29 is 19.3 Å². The summed E-state index contributed by atoms with van der Waals surface area (Å²) >= 11 is 0. The van der Waals surface area contributed by atoms with Gasteiger partial charge >= 0.3 is 0 Å². The van der Waals surface area contributed by atoms with Crippen LogP contribution in [0.25, 0.3) is 0 Å². The summed E-state index contributed by atoms with van der Waals surface area (Å²) in [7, 11) is -1.51. The predicted octanol–water partition coefficient (Wildman–Crippen LogP) is 2.08. The molecule has 1 N–H and O–H groups in total. The highest BCUT2D eigenvalue weighted by Crippen LogP contribution is 2.34. The predicted molar refractivity (Wildman–Crippen MR) is 84.5 cm³/mol. The average molecular weight is 302 g/mol. The highest BCUT2D eigenvalue weighted by atomic mass is 28.3. The van der Waals surface area contributed by atoms with Crippen LogP contribution in [-0.4, -0.2) is 59.4 Å². The van der Waals surface area contributed by atoms with Gasteiger partial charge in [0.2, 0.25) is 0 Å². The zero-order valence-electron chi connectivity index (χ0n) is 13.6. The van der Waals surface area contributed by atoms with Gasteiger partial charge in [0.1, 0.15) is 14.7 Å². The molecule has 0 fully saturated rings. The van der Waals surface area contributed by atoms with Gasteiger partial charge in [-0.1, -0.05) is 39.8 Å². The maximum absolute atomic E-state index is 8.50. The van der Waals surface area contributed by atoms with Crippen molar-refractivity contribution >= 4 is 8.07 Å². The monoisotopic (exact) mass is 302 g/mol. The fourth-order valence-corrected chi connectivity index (χ4v) is 1.96. The molecule has 4 nitrogen and oxygen atoms in total. The van der Waals surface area contributed by atoms with Crippen LogP contribution in [0.3, 0.4) is 0 Å². The Morgan fingerprint density at radius 3 is 1.90 bits per heavy atom. The van der Waals surface area contributed by atoms with Crippen LogP contribution >= 0.6 is 0 Å². The quantitative estimate of drug-likeness (QED) is 0.402. The highest BCUT2D eigenvalue weighted by molar-refractivity contribution is 6.87. The van der Waals surface area contributed by atoms with E-state index in [9.17, 15) is 0 Å². The molecule has 0 amide bonds. The van der Waals surface area contributed by atoms with Crippen molar-refractivity contribution in [2.75, 3.05) is 46.2 Å². The second kappa shape index (κ2) is 10.4. The third kappa shape index (κ3) is 9.51. The molecule has 0 atom stereocenters. The minimum atomic E-state index is -1.51. The number of ether oxygens (including phenoxy) is 3. The molecule has 0 saturated carbocycles. The van der Waals surface area contributed by atoms with Gasteiger partial charge in [0.25, 0.3) is 0 Å². The molecule has 0 unspecified atom stereocenters. The van der Waals surface area contributed by atoms with Crippen LogP contribution in [0, 0.1) is 11.5 Å². The number of aliphatic hydroxyl groups excluding tert-OH is 1. The first-order chi connectivity index (χ1) is 9.31. The first kappa shape index (κ1) is 19.6. The Morgan fingerprint density at radius 1 is 0.900 bits per heavy atom. The van der Waals surface area contributed by atoms with Crippen LogP contribution in [0.2, 0.25) is 18.1 Å². The van der Waals surface area contributed by atoms with Gasteiger partial charge in [0, 0.05) is 0 Å². The average Bonchev–Trinajstić information content (AvgIpc) is 2.34. The number of hydrogen-bond donors (Lipinski definition) is 1. The molecular weight excluding hydrogens is 272 g/mol. The molecule has 0 aliphatic rings. The summed E-state index contributed by atoms with van der Waals surface area (Å²) in [5, 5.41) is 8.79. The normalized spacial score (nSPS) is 12.1. The van der Waals surface area contributed by atoms with Gasteiger partial charge < -0.3 is 19.3 Å². The van der Waals surface area contributed by atoms with Crippen LogP contribution in [-0.2, 0) is 14.2 Å². The molecule has 0 radical (unpaired) electrons. The van der Waals surface area contributed by atoms with Crippen molar-refractivity contribution in [1.82, 2.24) is 0 Å². The SMILES string of the molecule is CC(C)(C)[Si](C)(C)C#CCOCCOCCOCCO. The fourth-order valence-electron chi connectivity index (χ4n) is 1.07. The summed E-state index contributed by atoms with van der Waals surface area (Å²) in [5.74, 6) is 3.13. The molecule has 118 valence electrons. The van der Waals surface area contributed by atoms with E-state index in [4.69, 9.17) is 19.3 Å². The molecule has 0 aromatic rings. The van der Waals surface area contributed by atoms with Crippen molar-refractivity contribution in [3.63, 3.8) is 0 Å². The van der Waals surface area contributed by atoms with Gasteiger partial charge in [0.15, 0.2) is 0 Å². The van der Waals surface area contributed by atoms with Gasteiger partial charge in [0.05, 0.1) is 39.6 Å². The summed E-state index contributed by atoms with van der Waals surface area (Å²) in [4.78, 5) is 0. The lowest BCUT2D eigenvalue weighted by molar-refractivity contribution is 0.0123. The largest absolute Gasteiger partial charge is 0.394 e. The number of hydrogen-bond acceptors (Lipinski definition) is 4. The number of aliphatic hydroxyl groups is 1. The standard InChI is InChI=1S/C15H30O4Si/c1-15(2,3)20(4,5)14-6-8-17-10-12-19-13-11-18-9-7-16/h16H,7-13H2,1-5H3. The van der Waals surface area contributed by atoms with Crippen LogP contribution in [0.15, 0.2) is 0 Å². The first-order valence-corrected chi connectivity index (χ1v) is 10.2. The van der Waals surface area contributed by atoms with E-state index in [1.54, 1.807) is 0 Å². The minimum Gasteiger partial charge on any atom is -0.394 e. The van der Waals surface area contributed by atoms with E-state index in [-0.39, 0.29) is 11.6 Å². The van der Waals surface area contributed by atoms with Crippen molar-refractivity contribution in [2.45, 2.75) is 38.9 Å². The highest BCUT2D eigenvalue weighted by Gasteiger charge is 2.33. The van der Waals surface area contributed by atoms with Crippen molar-refractivity contribution in [1.29, 1.82) is 0 Å². The Balaban J connectivity index is 3.55. The van der Waals surface area contributed by atoms with E-state index in [1.165, 1.54) is 0 Å². The lowest BCUT2D eigenvalue weighted by atomic mass is 10.2. The van der Waals surface area contributed by atoms with E-state index in [2.05, 4.69) is 45.3 Å². The van der Waals surface area contributed by atoms with Gasteiger partial charge in [-0.2, -0.15) is 0 Å². The van der Waals surface area contributed by atoms with Gasteiger partial charge in [-0.05, 0) is 5.04 Å². The zero-order chi connectivity index (χ0) is 15.5. The van der Waals surface area contributed by atoms with Crippen molar-refractivity contribution in [3.05, 3.63) is 0 Å². The second-order valence-corrected chi connectivity index (χ2v) is 11.2. The second-order valence-electron chi connectivity index (χ2n) is 6.18. The van der Waals surface area contributed by atoms with Crippen molar-refractivity contribution in [3.8, 4) is 11.5 Å². The van der Waals surface area contributed by atoms with Gasteiger partial charge in [-0.15, -0.1) is 5.54 Å². The third-order valence-corrected chi connectivity index (χ3v) is 7.98. The van der Waals surface area contributed by atoms with Crippen LogP contribution in [0.5, 0.6) is 0 Å². The third-order valence-electron chi connectivity index (χ3n) is 3.43. The minimum absolute atomic E-state index is 0.0516. The van der Waals surface area contributed by atoms with E-state index in [0.717, 1.165) is 0 Å². The molecule has 0 aliphatic heterocycles. The molecule has 20 heavy (non-hydrogen) atoms. The lowest BCUT2D eigenvalue weighted by Crippen LogP contribution is -2.35. The summed E-state index contributed by atoms with van der Waals surface area (Å²) in [6.07, 6.45) is 0.